The van der Waals surface area contributed by atoms with Crippen molar-refractivity contribution < 1.29 is 0 Å². The maximum atomic E-state index is 5.26. The second-order valence-corrected chi connectivity index (χ2v) is 12.3. The smallest absolute Gasteiger partial charge is 0.161 e. The molecule has 0 amide bonds. The summed E-state index contributed by atoms with van der Waals surface area (Å²) in [5.41, 5.74) is 8.32. The van der Waals surface area contributed by atoms with Gasteiger partial charge in [0.2, 0.25) is 0 Å². The van der Waals surface area contributed by atoms with Crippen molar-refractivity contribution in [3.05, 3.63) is 152 Å². The first kappa shape index (κ1) is 27.2. The summed E-state index contributed by atoms with van der Waals surface area (Å²) in [6, 6.07) is 49.5. The molecule has 9 aromatic rings. The number of pyridine rings is 1. The molecule has 47 heavy (non-hydrogen) atoms. The Balaban J connectivity index is 1.28. The first-order chi connectivity index (χ1) is 23.3. The molecule has 0 N–H and O–H groups in total. The van der Waals surface area contributed by atoms with Crippen LogP contribution in [0.25, 0.3) is 87.8 Å². The first-order valence-corrected chi connectivity index (χ1v) is 16.2. The number of nitrogens with zero attached hydrogens (tertiary/aromatic N) is 5. The monoisotopic (exact) mass is 619 g/mol. The minimum Gasteiger partial charge on any atom is -0.255 e. The van der Waals surface area contributed by atoms with E-state index in [1.54, 1.807) is 17.5 Å². The number of hydrogen-bond acceptors (Lipinski definition) is 6. The highest BCUT2D eigenvalue weighted by molar-refractivity contribution is 7.26. The fraction of sp³-hybridized carbons (Fsp3) is 0. The molecule has 0 radical (unpaired) electrons. The van der Waals surface area contributed by atoms with Crippen LogP contribution in [-0.4, -0.2) is 24.9 Å². The van der Waals surface area contributed by atoms with Crippen LogP contribution in [0.4, 0.5) is 0 Å². The van der Waals surface area contributed by atoms with Gasteiger partial charge in [-0.3, -0.25) is 4.98 Å². The van der Waals surface area contributed by atoms with Crippen molar-refractivity contribution in [2.24, 2.45) is 0 Å². The molecule has 0 aliphatic heterocycles. The molecule has 4 heterocycles. The molecule has 9 rings (SSSR count). The van der Waals surface area contributed by atoms with Crippen molar-refractivity contribution in [1.29, 1.82) is 0 Å². The van der Waals surface area contributed by atoms with Gasteiger partial charge in [-0.2, -0.15) is 0 Å². The van der Waals surface area contributed by atoms with Gasteiger partial charge in [0, 0.05) is 38.5 Å². The Bertz CT molecular complexity index is 2510. The highest BCUT2D eigenvalue weighted by atomic mass is 32.1. The summed E-state index contributed by atoms with van der Waals surface area (Å²) in [5, 5.41) is 3.21. The molecular weight excluding hydrogens is 595 g/mol. The summed E-state index contributed by atoms with van der Waals surface area (Å²) in [6.07, 6.45) is 1.79. The predicted octanol–water partition coefficient (Wildman–Crippen LogP) is 10.5. The molecular formula is C41H25N5S. The molecule has 0 unspecified atom stereocenters. The SMILES string of the molecule is c1ccc(-c2cc(-c3ccccn3)nc(-c3cccc4c(-c5nc(-c6ccccc6)c6sc7ccccc7c6n5)cccc34)n2)cc1. The zero-order valence-corrected chi connectivity index (χ0v) is 25.9. The van der Waals surface area contributed by atoms with Crippen LogP contribution in [0.3, 0.4) is 0 Å². The van der Waals surface area contributed by atoms with Crippen LogP contribution in [-0.2, 0) is 0 Å². The third-order valence-electron chi connectivity index (χ3n) is 8.39. The number of fused-ring (bicyclic) bond motifs is 4. The van der Waals surface area contributed by atoms with E-state index in [1.165, 1.54) is 4.70 Å². The van der Waals surface area contributed by atoms with Crippen LogP contribution in [0.5, 0.6) is 0 Å². The lowest BCUT2D eigenvalue weighted by atomic mass is 9.98. The van der Waals surface area contributed by atoms with Gasteiger partial charge in [-0.25, -0.2) is 19.9 Å². The number of rotatable bonds is 5. The topological polar surface area (TPSA) is 64.5 Å². The molecule has 220 valence electrons. The summed E-state index contributed by atoms with van der Waals surface area (Å²) >= 11 is 1.74. The lowest BCUT2D eigenvalue weighted by Crippen LogP contribution is -1.98. The Morgan fingerprint density at radius 1 is 0.426 bits per heavy atom. The lowest BCUT2D eigenvalue weighted by Gasteiger charge is -2.13. The maximum absolute atomic E-state index is 5.26. The molecule has 4 aromatic heterocycles. The van der Waals surface area contributed by atoms with E-state index in [0.29, 0.717) is 11.6 Å². The Morgan fingerprint density at radius 2 is 1.04 bits per heavy atom. The quantitative estimate of drug-likeness (QED) is 0.192. The Hall–Kier alpha value is -6.11. The molecule has 6 heteroatoms. The van der Waals surface area contributed by atoms with Gasteiger partial charge in [-0.05, 0) is 35.0 Å². The minimum atomic E-state index is 0.639. The highest BCUT2D eigenvalue weighted by Crippen LogP contribution is 2.41. The molecule has 5 aromatic carbocycles. The molecule has 0 bridgehead atoms. The Morgan fingerprint density at radius 3 is 1.77 bits per heavy atom. The number of benzene rings is 5. The van der Waals surface area contributed by atoms with Crippen LogP contribution < -0.4 is 0 Å². The van der Waals surface area contributed by atoms with Crippen LogP contribution in [0, 0.1) is 0 Å². The normalized spacial score (nSPS) is 11.4. The van der Waals surface area contributed by atoms with Crippen molar-refractivity contribution in [3.63, 3.8) is 0 Å². The predicted molar refractivity (Wildman–Crippen MR) is 193 cm³/mol. The molecule has 0 saturated carbocycles. The first-order valence-electron chi connectivity index (χ1n) is 15.4. The van der Waals surface area contributed by atoms with E-state index in [2.05, 4.69) is 102 Å². The van der Waals surface area contributed by atoms with Crippen molar-refractivity contribution in [3.8, 4) is 56.7 Å². The third kappa shape index (κ3) is 4.83. The maximum Gasteiger partial charge on any atom is 0.161 e. The average molecular weight is 620 g/mol. The van der Waals surface area contributed by atoms with E-state index in [0.717, 1.165) is 71.4 Å². The molecule has 0 aliphatic rings. The summed E-state index contributed by atoms with van der Waals surface area (Å²) in [7, 11) is 0. The fourth-order valence-corrected chi connectivity index (χ4v) is 7.33. The summed E-state index contributed by atoms with van der Waals surface area (Å²) in [6.45, 7) is 0. The third-order valence-corrected chi connectivity index (χ3v) is 9.56. The van der Waals surface area contributed by atoms with Gasteiger partial charge in [-0.15, -0.1) is 11.3 Å². The average Bonchev–Trinajstić information content (AvgIpc) is 3.53. The number of aromatic nitrogens is 5. The molecule has 0 atom stereocenters. The van der Waals surface area contributed by atoms with E-state index in [1.807, 2.05) is 48.5 Å². The van der Waals surface area contributed by atoms with E-state index >= 15 is 0 Å². The molecule has 0 aliphatic carbocycles. The molecule has 0 spiro atoms. The largest absolute Gasteiger partial charge is 0.255 e. The summed E-state index contributed by atoms with van der Waals surface area (Å²) < 4.78 is 2.29. The molecule has 0 saturated heterocycles. The van der Waals surface area contributed by atoms with Crippen molar-refractivity contribution in [2.45, 2.75) is 0 Å². The standard InChI is InChI=1S/C41H25N5S/c1-3-13-26(14-4-1)34-25-35(33-22-9-10-24-42-33)44-40(43-34)30-20-11-19-29-28(30)18-12-21-31(29)41-45-37(27-15-5-2-6-16-27)39-38(46-41)32-17-7-8-23-36(32)47-39/h1-25H. The van der Waals surface area contributed by atoms with E-state index < -0.39 is 0 Å². The molecule has 0 fully saturated rings. The van der Waals surface area contributed by atoms with Crippen LogP contribution >= 0.6 is 11.3 Å². The Kier molecular flexibility index (Phi) is 6.58. The summed E-state index contributed by atoms with van der Waals surface area (Å²) in [5.74, 6) is 1.33. The van der Waals surface area contributed by atoms with Gasteiger partial charge in [0.25, 0.3) is 0 Å². The van der Waals surface area contributed by atoms with E-state index in [9.17, 15) is 0 Å². The lowest BCUT2D eigenvalue weighted by molar-refractivity contribution is 1.17. The van der Waals surface area contributed by atoms with Gasteiger partial charge < -0.3 is 0 Å². The zero-order chi connectivity index (χ0) is 31.2. The fourth-order valence-electron chi connectivity index (χ4n) is 6.17. The van der Waals surface area contributed by atoms with Gasteiger partial charge in [0.1, 0.15) is 0 Å². The van der Waals surface area contributed by atoms with Crippen molar-refractivity contribution in [2.75, 3.05) is 0 Å². The van der Waals surface area contributed by atoms with Crippen molar-refractivity contribution in [1.82, 2.24) is 24.9 Å². The van der Waals surface area contributed by atoms with Gasteiger partial charge in [-0.1, -0.05) is 121 Å². The zero-order valence-electron chi connectivity index (χ0n) is 25.1. The number of thiophene rings is 1. The summed E-state index contributed by atoms with van der Waals surface area (Å²) in [4.78, 5) is 25.3. The van der Waals surface area contributed by atoms with Crippen LogP contribution in [0.1, 0.15) is 0 Å². The highest BCUT2D eigenvalue weighted by Gasteiger charge is 2.19. The minimum absolute atomic E-state index is 0.639. The number of hydrogen-bond donors (Lipinski definition) is 0. The Labute approximate surface area is 275 Å². The van der Waals surface area contributed by atoms with Gasteiger partial charge in [0.15, 0.2) is 11.6 Å². The van der Waals surface area contributed by atoms with Gasteiger partial charge in [0.05, 0.1) is 33.0 Å². The van der Waals surface area contributed by atoms with Crippen LogP contribution in [0.2, 0.25) is 0 Å². The van der Waals surface area contributed by atoms with Crippen molar-refractivity contribution >= 4 is 42.4 Å². The second kappa shape index (κ2) is 11.4. The van der Waals surface area contributed by atoms with E-state index in [-0.39, 0.29) is 0 Å². The second-order valence-electron chi connectivity index (χ2n) is 11.3. The molecule has 5 nitrogen and oxygen atoms in total. The van der Waals surface area contributed by atoms with E-state index in [4.69, 9.17) is 19.9 Å². The van der Waals surface area contributed by atoms with Gasteiger partial charge >= 0.3 is 0 Å². The van der Waals surface area contributed by atoms with Crippen LogP contribution in [0.15, 0.2) is 152 Å².